The van der Waals surface area contributed by atoms with Crippen LogP contribution in [0, 0.1) is 17.8 Å². The summed E-state index contributed by atoms with van der Waals surface area (Å²) in [7, 11) is 0. The first kappa shape index (κ1) is 14.8. The van der Waals surface area contributed by atoms with Gasteiger partial charge in [-0.15, -0.1) is 0 Å². The summed E-state index contributed by atoms with van der Waals surface area (Å²) in [6.45, 7) is 12.9. The van der Waals surface area contributed by atoms with Crippen molar-refractivity contribution < 1.29 is 4.74 Å². The van der Waals surface area contributed by atoms with Crippen LogP contribution < -0.4 is 5.32 Å². The van der Waals surface area contributed by atoms with Gasteiger partial charge in [-0.2, -0.15) is 0 Å². The lowest BCUT2D eigenvalue weighted by Gasteiger charge is -2.49. The molecule has 0 radical (unpaired) electrons. The van der Waals surface area contributed by atoms with Crippen molar-refractivity contribution in [2.24, 2.45) is 17.8 Å². The minimum atomic E-state index is 0.372. The minimum Gasteiger partial charge on any atom is -0.381 e. The monoisotopic (exact) mass is 280 g/mol. The molecule has 0 amide bonds. The summed E-state index contributed by atoms with van der Waals surface area (Å²) in [5.74, 6) is 2.52. The van der Waals surface area contributed by atoms with Gasteiger partial charge in [0, 0.05) is 44.4 Å². The largest absolute Gasteiger partial charge is 0.381 e. The summed E-state index contributed by atoms with van der Waals surface area (Å²) in [6.07, 6.45) is 5.38. The number of nitrogens with one attached hydrogen (secondary N) is 1. The van der Waals surface area contributed by atoms with Crippen LogP contribution in [0.4, 0.5) is 0 Å². The molecule has 3 rings (SSSR count). The fraction of sp³-hybridized carbons (Fsp3) is 1.00. The normalized spacial score (nSPS) is 37.5. The summed E-state index contributed by atoms with van der Waals surface area (Å²) in [5.41, 5.74) is 0.372. The summed E-state index contributed by atoms with van der Waals surface area (Å²) >= 11 is 0. The molecule has 3 nitrogen and oxygen atoms in total. The van der Waals surface area contributed by atoms with Crippen LogP contribution in [0.3, 0.4) is 0 Å². The van der Waals surface area contributed by atoms with Gasteiger partial charge in [-0.1, -0.05) is 13.8 Å². The van der Waals surface area contributed by atoms with E-state index in [9.17, 15) is 0 Å². The Labute approximate surface area is 124 Å². The summed E-state index contributed by atoms with van der Waals surface area (Å²) in [6, 6.07) is 0.713. The van der Waals surface area contributed by atoms with Crippen LogP contribution >= 0.6 is 0 Å². The van der Waals surface area contributed by atoms with E-state index in [4.69, 9.17) is 4.74 Å². The third-order valence-corrected chi connectivity index (χ3v) is 5.80. The van der Waals surface area contributed by atoms with Gasteiger partial charge in [0.15, 0.2) is 0 Å². The summed E-state index contributed by atoms with van der Waals surface area (Å²) in [4.78, 5) is 2.81. The lowest BCUT2D eigenvalue weighted by Crippen LogP contribution is -2.65. The average Bonchev–Trinajstić information content (AvgIpc) is 3.24. The molecule has 2 unspecified atom stereocenters. The molecule has 2 saturated heterocycles. The molecule has 116 valence electrons. The molecule has 3 fully saturated rings. The second-order valence-electron chi connectivity index (χ2n) is 7.87. The van der Waals surface area contributed by atoms with E-state index in [1.165, 1.54) is 45.3 Å². The van der Waals surface area contributed by atoms with Gasteiger partial charge in [-0.25, -0.2) is 0 Å². The third-order valence-electron chi connectivity index (χ3n) is 5.80. The van der Waals surface area contributed by atoms with Crippen molar-refractivity contribution in [1.82, 2.24) is 10.2 Å². The molecular weight excluding hydrogens is 248 g/mol. The van der Waals surface area contributed by atoms with E-state index >= 15 is 0 Å². The first-order chi connectivity index (χ1) is 9.58. The molecule has 0 spiro atoms. The number of ether oxygens (including phenoxy) is 1. The molecule has 0 aromatic heterocycles. The van der Waals surface area contributed by atoms with E-state index in [0.717, 1.165) is 31.0 Å². The number of nitrogens with zero attached hydrogens (tertiary/aromatic N) is 1. The van der Waals surface area contributed by atoms with Gasteiger partial charge >= 0.3 is 0 Å². The van der Waals surface area contributed by atoms with Crippen LogP contribution in [-0.2, 0) is 4.74 Å². The molecule has 2 aliphatic heterocycles. The van der Waals surface area contributed by atoms with Crippen LogP contribution in [0.1, 0.15) is 46.5 Å². The molecule has 0 aromatic rings. The maximum Gasteiger partial charge on any atom is 0.0469 e. The standard InChI is InChI=1S/C17H32N2O/c1-13(2)16-10-18-17(3,15-4-5-15)12-19(16)11-14-6-8-20-9-7-14/h13-16,18H,4-12H2,1-3H3. The highest BCUT2D eigenvalue weighted by atomic mass is 16.5. The zero-order chi connectivity index (χ0) is 14.2. The second-order valence-corrected chi connectivity index (χ2v) is 7.87. The van der Waals surface area contributed by atoms with E-state index < -0.39 is 0 Å². The van der Waals surface area contributed by atoms with Crippen molar-refractivity contribution in [1.29, 1.82) is 0 Å². The van der Waals surface area contributed by atoms with Gasteiger partial charge in [-0.3, -0.25) is 4.90 Å². The van der Waals surface area contributed by atoms with E-state index in [-0.39, 0.29) is 0 Å². The highest BCUT2D eigenvalue weighted by Gasteiger charge is 2.46. The molecular formula is C17H32N2O. The van der Waals surface area contributed by atoms with Crippen LogP contribution in [-0.4, -0.2) is 49.3 Å². The second kappa shape index (κ2) is 5.94. The molecule has 1 N–H and O–H groups in total. The Hall–Kier alpha value is -0.120. The first-order valence-corrected chi connectivity index (χ1v) is 8.65. The van der Waals surface area contributed by atoms with E-state index in [0.29, 0.717) is 11.6 Å². The van der Waals surface area contributed by atoms with Crippen molar-refractivity contribution in [2.45, 2.75) is 58.0 Å². The van der Waals surface area contributed by atoms with Crippen molar-refractivity contribution in [3.05, 3.63) is 0 Å². The summed E-state index contributed by atoms with van der Waals surface area (Å²) in [5, 5.41) is 3.89. The lowest BCUT2D eigenvalue weighted by molar-refractivity contribution is 0.00947. The van der Waals surface area contributed by atoms with Gasteiger partial charge in [0.1, 0.15) is 0 Å². The zero-order valence-corrected chi connectivity index (χ0v) is 13.5. The highest BCUT2D eigenvalue weighted by molar-refractivity contribution is 5.04. The van der Waals surface area contributed by atoms with Crippen LogP contribution in [0.5, 0.6) is 0 Å². The van der Waals surface area contributed by atoms with Gasteiger partial charge < -0.3 is 10.1 Å². The van der Waals surface area contributed by atoms with Crippen LogP contribution in [0.15, 0.2) is 0 Å². The molecule has 20 heavy (non-hydrogen) atoms. The zero-order valence-electron chi connectivity index (χ0n) is 13.5. The number of piperazine rings is 1. The number of rotatable bonds is 4. The number of hydrogen-bond donors (Lipinski definition) is 1. The Morgan fingerprint density at radius 2 is 1.90 bits per heavy atom. The van der Waals surface area contributed by atoms with Crippen LogP contribution in [0.2, 0.25) is 0 Å². The topological polar surface area (TPSA) is 24.5 Å². The summed E-state index contributed by atoms with van der Waals surface area (Å²) < 4.78 is 5.52. The van der Waals surface area contributed by atoms with Gasteiger partial charge in [0.05, 0.1) is 0 Å². The Morgan fingerprint density at radius 1 is 1.20 bits per heavy atom. The van der Waals surface area contributed by atoms with Gasteiger partial charge in [0.25, 0.3) is 0 Å². The van der Waals surface area contributed by atoms with E-state index in [1.807, 2.05) is 0 Å². The predicted octanol–water partition coefficient (Wildman–Crippen LogP) is 2.51. The molecule has 0 bridgehead atoms. The average molecular weight is 280 g/mol. The van der Waals surface area contributed by atoms with Crippen molar-refractivity contribution >= 4 is 0 Å². The highest BCUT2D eigenvalue weighted by Crippen LogP contribution is 2.42. The Balaban J connectivity index is 1.65. The maximum atomic E-state index is 5.52. The third kappa shape index (κ3) is 3.20. The molecule has 1 saturated carbocycles. The SMILES string of the molecule is CC(C)C1CNC(C)(C2CC2)CN1CC1CCOCC1. The van der Waals surface area contributed by atoms with E-state index in [1.54, 1.807) is 0 Å². The minimum absolute atomic E-state index is 0.372. The lowest BCUT2D eigenvalue weighted by atomic mass is 9.86. The predicted molar refractivity (Wildman–Crippen MR) is 82.9 cm³/mol. The van der Waals surface area contributed by atoms with Gasteiger partial charge in [-0.05, 0) is 50.4 Å². The molecule has 1 aliphatic carbocycles. The Kier molecular flexibility index (Phi) is 4.40. The molecule has 3 heteroatoms. The fourth-order valence-corrected chi connectivity index (χ4v) is 4.17. The van der Waals surface area contributed by atoms with Crippen molar-refractivity contribution in [3.63, 3.8) is 0 Å². The fourth-order valence-electron chi connectivity index (χ4n) is 4.17. The Morgan fingerprint density at radius 3 is 2.50 bits per heavy atom. The molecule has 3 aliphatic rings. The number of hydrogen-bond acceptors (Lipinski definition) is 3. The molecule has 0 aromatic carbocycles. The quantitative estimate of drug-likeness (QED) is 0.856. The smallest absolute Gasteiger partial charge is 0.0469 e. The van der Waals surface area contributed by atoms with Crippen LogP contribution in [0.25, 0.3) is 0 Å². The maximum absolute atomic E-state index is 5.52. The van der Waals surface area contributed by atoms with Crippen molar-refractivity contribution in [3.8, 4) is 0 Å². The van der Waals surface area contributed by atoms with Gasteiger partial charge in [0.2, 0.25) is 0 Å². The molecule has 2 atom stereocenters. The first-order valence-electron chi connectivity index (χ1n) is 8.65. The Bertz CT molecular complexity index is 323. The van der Waals surface area contributed by atoms with Crippen molar-refractivity contribution in [2.75, 3.05) is 32.8 Å². The molecule has 2 heterocycles. The van der Waals surface area contributed by atoms with E-state index in [2.05, 4.69) is 31.0 Å².